The standard InChI is InChI=1S/C13H15BrFNO5S/c1-13(12(17)18)3-4-16(7-13)22(19,20)11-6-9(15)8(14)5-10(11)21-2/h5-6H,3-4,7H2,1-2H3,(H,17,18). The number of sulfonamides is 1. The van der Waals surface area contributed by atoms with Crippen LogP contribution in [-0.2, 0) is 14.8 Å². The molecule has 1 saturated heterocycles. The van der Waals surface area contributed by atoms with Crippen molar-refractivity contribution in [3.05, 3.63) is 22.4 Å². The molecule has 0 saturated carbocycles. The molecule has 1 aliphatic rings. The molecule has 1 aromatic carbocycles. The predicted molar refractivity (Wildman–Crippen MR) is 79.8 cm³/mol. The van der Waals surface area contributed by atoms with Gasteiger partial charge in [-0.05, 0) is 41.4 Å². The molecule has 1 aromatic rings. The lowest BCUT2D eigenvalue weighted by Crippen LogP contribution is -2.35. The summed E-state index contributed by atoms with van der Waals surface area (Å²) in [5.41, 5.74) is -1.14. The van der Waals surface area contributed by atoms with Gasteiger partial charge in [-0.25, -0.2) is 12.8 Å². The van der Waals surface area contributed by atoms with Crippen LogP contribution in [0.3, 0.4) is 0 Å². The van der Waals surface area contributed by atoms with Crippen molar-refractivity contribution in [1.29, 1.82) is 0 Å². The van der Waals surface area contributed by atoms with E-state index in [1.165, 1.54) is 20.1 Å². The molecule has 0 radical (unpaired) electrons. The van der Waals surface area contributed by atoms with E-state index in [1.807, 2.05) is 0 Å². The maximum absolute atomic E-state index is 13.7. The van der Waals surface area contributed by atoms with Crippen molar-refractivity contribution in [1.82, 2.24) is 4.31 Å². The highest BCUT2D eigenvalue weighted by molar-refractivity contribution is 9.10. The van der Waals surface area contributed by atoms with E-state index in [4.69, 9.17) is 4.74 Å². The number of carbonyl (C=O) groups is 1. The lowest BCUT2D eigenvalue weighted by Gasteiger charge is -2.21. The maximum Gasteiger partial charge on any atom is 0.310 e. The Kier molecular flexibility index (Phi) is 4.51. The summed E-state index contributed by atoms with van der Waals surface area (Å²) >= 11 is 2.97. The Bertz CT molecular complexity index is 723. The second kappa shape index (κ2) is 5.78. The average Bonchev–Trinajstić information content (AvgIpc) is 2.86. The third-order valence-corrected chi connectivity index (χ3v) is 6.25. The van der Waals surface area contributed by atoms with E-state index in [0.717, 1.165) is 10.4 Å². The summed E-state index contributed by atoms with van der Waals surface area (Å²) in [7, 11) is -2.76. The summed E-state index contributed by atoms with van der Waals surface area (Å²) < 4.78 is 45.2. The molecule has 6 nitrogen and oxygen atoms in total. The molecule has 1 unspecified atom stereocenters. The molecular weight excluding hydrogens is 381 g/mol. The summed E-state index contributed by atoms with van der Waals surface area (Å²) in [6.45, 7) is 1.39. The minimum atomic E-state index is -4.04. The molecule has 1 atom stereocenters. The SMILES string of the molecule is COc1cc(Br)c(F)cc1S(=O)(=O)N1CCC(C)(C(=O)O)C1. The Morgan fingerprint density at radius 3 is 2.64 bits per heavy atom. The lowest BCUT2D eigenvalue weighted by molar-refractivity contribution is -0.146. The van der Waals surface area contributed by atoms with Crippen molar-refractivity contribution >= 4 is 31.9 Å². The van der Waals surface area contributed by atoms with Crippen molar-refractivity contribution in [3.63, 3.8) is 0 Å². The van der Waals surface area contributed by atoms with Crippen LogP contribution in [0.5, 0.6) is 5.75 Å². The third kappa shape index (κ3) is 2.84. The number of benzene rings is 1. The van der Waals surface area contributed by atoms with Crippen LogP contribution in [0.2, 0.25) is 0 Å². The Labute approximate surface area is 136 Å². The van der Waals surface area contributed by atoms with Crippen molar-refractivity contribution in [2.45, 2.75) is 18.2 Å². The largest absolute Gasteiger partial charge is 0.495 e. The summed E-state index contributed by atoms with van der Waals surface area (Å²) in [4.78, 5) is 10.9. The normalized spacial score (nSPS) is 22.7. The van der Waals surface area contributed by atoms with Crippen molar-refractivity contribution in [2.75, 3.05) is 20.2 Å². The number of methoxy groups -OCH3 is 1. The van der Waals surface area contributed by atoms with Crippen LogP contribution < -0.4 is 4.74 Å². The summed E-state index contributed by atoms with van der Waals surface area (Å²) in [5, 5.41) is 9.20. The highest BCUT2D eigenvalue weighted by Gasteiger charge is 2.45. The van der Waals surface area contributed by atoms with E-state index in [2.05, 4.69) is 15.9 Å². The monoisotopic (exact) mass is 395 g/mol. The summed E-state index contributed by atoms with van der Waals surface area (Å²) in [6, 6.07) is 2.10. The minimum Gasteiger partial charge on any atom is -0.495 e. The van der Waals surface area contributed by atoms with E-state index in [-0.39, 0.29) is 34.6 Å². The van der Waals surface area contributed by atoms with Crippen LogP contribution >= 0.6 is 15.9 Å². The molecule has 0 spiro atoms. The third-order valence-electron chi connectivity index (χ3n) is 3.78. The lowest BCUT2D eigenvalue weighted by atomic mass is 9.90. The molecule has 1 heterocycles. The van der Waals surface area contributed by atoms with Gasteiger partial charge in [0.25, 0.3) is 0 Å². The number of hydrogen-bond donors (Lipinski definition) is 1. The first-order valence-electron chi connectivity index (χ1n) is 6.38. The van der Waals surface area contributed by atoms with E-state index in [0.29, 0.717) is 0 Å². The maximum atomic E-state index is 13.7. The highest BCUT2D eigenvalue weighted by Crippen LogP contribution is 2.37. The fourth-order valence-corrected chi connectivity index (χ4v) is 4.35. The number of carboxylic acids is 1. The minimum absolute atomic E-state index is 0.00259. The molecule has 0 bridgehead atoms. The van der Waals surface area contributed by atoms with E-state index in [1.54, 1.807) is 0 Å². The molecule has 1 N–H and O–H groups in total. The van der Waals surface area contributed by atoms with Crippen molar-refractivity contribution < 1.29 is 27.4 Å². The number of rotatable bonds is 4. The predicted octanol–water partition coefficient (Wildman–Crippen LogP) is 2.08. The van der Waals surface area contributed by atoms with Gasteiger partial charge in [-0.15, -0.1) is 0 Å². The second-order valence-corrected chi connectivity index (χ2v) is 8.13. The fourth-order valence-electron chi connectivity index (χ4n) is 2.31. The Hall–Kier alpha value is -1.19. The first-order chi connectivity index (χ1) is 10.1. The van der Waals surface area contributed by atoms with Gasteiger partial charge >= 0.3 is 5.97 Å². The van der Waals surface area contributed by atoms with Crippen LogP contribution in [0, 0.1) is 11.2 Å². The molecule has 1 aliphatic heterocycles. The zero-order valence-corrected chi connectivity index (χ0v) is 14.4. The summed E-state index contributed by atoms with van der Waals surface area (Å²) in [6.07, 6.45) is 0.197. The number of hydrogen-bond acceptors (Lipinski definition) is 4. The van der Waals surface area contributed by atoms with Gasteiger partial charge in [-0.3, -0.25) is 4.79 Å². The number of nitrogens with zero attached hydrogens (tertiary/aromatic N) is 1. The fraction of sp³-hybridized carbons (Fsp3) is 0.462. The Balaban J connectivity index is 2.45. The molecule has 122 valence electrons. The Morgan fingerprint density at radius 1 is 1.50 bits per heavy atom. The number of halogens is 2. The van der Waals surface area contributed by atoms with Gasteiger partial charge in [0.15, 0.2) is 0 Å². The highest BCUT2D eigenvalue weighted by atomic mass is 79.9. The molecule has 0 aliphatic carbocycles. The first kappa shape index (κ1) is 17.2. The van der Waals surface area contributed by atoms with Crippen LogP contribution in [-0.4, -0.2) is 44.0 Å². The average molecular weight is 396 g/mol. The van der Waals surface area contributed by atoms with Crippen LogP contribution in [0.15, 0.2) is 21.5 Å². The molecule has 9 heteroatoms. The molecular formula is C13H15BrFNO5S. The smallest absolute Gasteiger partial charge is 0.310 e. The number of carboxylic acid groups (broad SMARTS) is 1. The van der Waals surface area contributed by atoms with Gasteiger partial charge in [0.1, 0.15) is 16.5 Å². The van der Waals surface area contributed by atoms with Gasteiger partial charge in [-0.1, -0.05) is 0 Å². The van der Waals surface area contributed by atoms with E-state index >= 15 is 0 Å². The topological polar surface area (TPSA) is 83.9 Å². The van der Waals surface area contributed by atoms with E-state index in [9.17, 15) is 22.7 Å². The quantitative estimate of drug-likeness (QED) is 0.843. The molecule has 2 rings (SSSR count). The molecule has 22 heavy (non-hydrogen) atoms. The zero-order valence-electron chi connectivity index (χ0n) is 12.0. The van der Waals surface area contributed by atoms with Crippen molar-refractivity contribution in [2.24, 2.45) is 5.41 Å². The van der Waals surface area contributed by atoms with Crippen LogP contribution in [0.4, 0.5) is 4.39 Å². The Morgan fingerprint density at radius 2 is 2.14 bits per heavy atom. The number of ether oxygens (including phenoxy) is 1. The molecule has 0 aromatic heterocycles. The van der Waals surface area contributed by atoms with E-state index < -0.39 is 27.2 Å². The molecule has 0 amide bonds. The second-order valence-electron chi connectivity index (χ2n) is 5.37. The van der Waals surface area contributed by atoms with Crippen LogP contribution in [0.25, 0.3) is 0 Å². The van der Waals surface area contributed by atoms with Gasteiger partial charge in [0.2, 0.25) is 10.0 Å². The first-order valence-corrected chi connectivity index (χ1v) is 8.62. The van der Waals surface area contributed by atoms with Gasteiger partial charge < -0.3 is 9.84 Å². The van der Waals surface area contributed by atoms with Gasteiger partial charge in [0, 0.05) is 13.1 Å². The van der Waals surface area contributed by atoms with Crippen LogP contribution in [0.1, 0.15) is 13.3 Å². The zero-order chi connectivity index (χ0) is 16.7. The molecule has 1 fully saturated rings. The van der Waals surface area contributed by atoms with Gasteiger partial charge in [0.05, 0.1) is 17.0 Å². The summed E-state index contributed by atoms with van der Waals surface area (Å²) in [5.74, 6) is -1.80. The van der Waals surface area contributed by atoms with Crippen molar-refractivity contribution in [3.8, 4) is 5.75 Å². The number of aliphatic carboxylic acids is 1. The van der Waals surface area contributed by atoms with Gasteiger partial charge in [-0.2, -0.15) is 4.31 Å².